The molecular weight excluding hydrogens is 392 g/mol. The lowest BCUT2D eigenvalue weighted by molar-refractivity contribution is 0.245. The normalized spacial score (nSPS) is 11.0. The predicted octanol–water partition coefficient (Wildman–Crippen LogP) is 6.45. The highest BCUT2D eigenvalue weighted by Gasteiger charge is 2.37. The van der Waals surface area contributed by atoms with Crippen molar-refractivity contribution in [1.29, 1.82) is 0 Å². The van der Waals surface area contributed by atoms with Gasteiger partial charge in [0.25, 0.3) is 0 Å². The molecule has 0 atom stereocenters. The topological polar surface area (TPSA) is 41.1 Å². The summed E-state index contributed by atoms with van der Waals surface area (Å²) in [5.74, 6) is 0. The lowest BCUT2D eigenvalue weighted by Gasteiger charge is -2.36. The summed E-state index contributed by atoms with van der Waals surface area (Å²) >= 11 is 6.25. The minimum atomic E-state index is -0.880. The minimum absolute atomic E-state index is 0.348. The first-order chi connectivity index (χ1) is 14.7. The number of anilines is 1. The van der Waals surface area contributed by atoms with Gasteiger partial charge in [0.2, 0.25) is 0 Å². The van der Waals surface area contributed by atoms with E-state index in [0.717, 1.165) is 16.7 Å². The van der Waals surface area contributed by atoms with Gasteiger partial charge in [-0.2, -0.15) is 0 Å². The van der Waals surface area contributed by atoms with Crippen LogP contribution < -0.4 is 10.6 Å². The van der Waals surface area contributed by atoms with Gasteiger partial charge in [0.15, 0.2) is 0 Å². The number of rotatable bonds is 5. The van der Waals surface area contributed by atoms with E-state index >= 15 is 0 Å². The van der Waals surface area contributed by atoms with E-state index in [1.54, 1.807) is 12.1 Å². The highest BCUT2D eigenvalue weighted by molar-refractivity contribution is 6.33. The lowest BCUT2D eigenvalue weighted by Crippen LogP contribution is -2.49. The van der Waals surface area contributed by atoms with Crippen molar-refractivity contribution >= 4 is 23.3 Å². The number of benzene rings is 4. The Kier molecular flexibility index (Phi) is 5.82. The molecule has 2 N–H and O–H groups in total. The Morgan fingerprint density at radius 3 is 1.43 bits per heavy atom. The summed E-state index contributed by atoms with van der Waals surface area (Å²) in [6.07, 6.45) is 0. The van der Waals surface area contributed by atoms with Crippen LogP contribution in [0.15, 0.2) is 115 Å². The number of hydrogen-bond acceptors (Lipinski definition) is 1. The summed E-state index contributed by atoms with van der Waals surface area (Å²) in [7, 11) is 0. The van der Waals surface area contributed by atoms with Gasteiger partial charge in [-0.1, -0.05) is 115 Å². The quantitative estimate of drug-likeness (QED) is 0.363. The first-order valence-electron chi connectivity index (χ1n) is 9.70. The van der Waals surface area contributed by atoms with Gasteiger partial charge >= 0.3 is 6.03 Å². The molecule has 0 bridgehead atoms. The van der Waals surface area contributed by atoms with Crippen LogP contribution in [0.1, 0.15) is 16.7 Å². The molecule has 2 amide bonds. The van der Waals surface area contributed by atoms with Gasteiger partial charge < -0.3 is 10.6 Å². The second-order valence-corrected chi connectivity index (χ2v) is 7.31. The molecule has 4 aromatic rings. The van der Waals surface area contributed by atoms with E-state index in [-0.39, 0.29) is 6.03 Å². The van der Waals surface area contributed by atoms with Crippen molar-refractivity contribution in [1.82, 2.24) is 5.32 Å². The zero-order valence-corrected chi connectivity index (χ0v) is 17.0. The van der Waals surface area contributed by atoms with Crippen molar-refractivity contribution in [2.24, 2.45) is 0 Å². The van der Waals surface area contributed by atoms with E-state index in [0.29, 0.717) is 10.7 Å². The van der Waals surface area contributed by atoms with Crippen LogP contribution in [0.25, 0.3) is 0 Å². The molecule has 4 rings (SSSR count). The van der Waals surface area contributed by atoms with E-state index < -0.39 is 5.54 Å². The average Bonchev–Trinajstić information content (AvgIpc) is 2.81. The van der Waals surface area contributed by atoms with Crippen LogP contribution >= 0.6 is 11.6 Å². The third-order valence-electron chi connectivity index (χ3n) is 5.04. The maximum atomic E-state index is 13.2. The van der Waals surface area contributed by atoms with E-state index in [4.69, 9.17) is 11.6 Å². The van der Waals surface area contributed by atoms with Crippen LogP contribution in [0.3, 0.4) is 0 Å². The maximum absolute atomic E-state index is 13.2. The van der Waals surface area contributed by atoms with E-state index in [1.165, 1.54) is 0 Å². The molecule has 0 spiro atoms. The Morgan fingerprint density at radius 2 is 1.00 bits per heavy atom. The summed E-state index contributed by atoms with van der Waals surface area (Å²) in [4.78, 5) is 13.2. The molecule has 0 unspecified atom stereocenters. The Labute approximate surface area is 181 Å². The minimum Gasteiger partial charge on any atom is -0.320 e. The molecule has 0 radical (unpaired) electrons. The molecule has 4 heteroatoms. The Balaban J connectivity index is 1.85. The number of hydrogen-bond donors (Lipinski definition) is 2. The number of nitrogens with one attached hydrogen (secondary N) is 2. The molecule has 148 valence electrons. The van der Waals surface area contributed by atoms with Gasteiger partial charge in [0, 0.05) is 0 Å². The summed E-state index contributed by atoms with van der Waals surface area (Å²) in [6.45, 7) is 0. The highest BCUT2D eigenvalue weighted by Crippen LogP contribution is 2.37. The standard InChI is InChI=1S/C26H21ClN2O/c27-23-18-10-11-19-24(23)28-25(30)29-26(20-12-4-1-5-13-20,21-14-6-2-7-15-21)22-16-8-3-9-17-22/h1-19H,(H2,28,29,30). The van der Waals surface area contributed by atoms with E-state index in [9.17, 15) is 4.79 Å². The second kappa shape index (κ2) is 8.85. The number of carbonyl (C=O) groups excluding carboxylic acids is 1. The van der Waals surface area contributed by atoms with Crippen molar-refractivity contribution in [3.05, 3.63) is 137 Å². The summed E-state index contributed by atoms with van der Waals surface area (Å²) < 4.78 is 0. The lowest BCUT2D eigenvalue weighted by atomic mass is 9.77. The molecule has 0 aliphatic carbocycles. The second-order valence-electron chi connectivity index (χ2n) is 6.91. The molecule has 0 aromatic heterocycles. The fourth-order valence-corrected chi connectivity index (χ4v) is 3.85. The third kappa shape index (κ3) is 3.93. The van der Waals surface area contributed by atoms with E-state index in [1.807, 2.05) is 103 Å². The van der Waals surface area contributed by atoms with Crippen molar-refractivity contribution in [3.8, 4) is 0 Å². The summed E-state index contributed by atoms with van der Waals surface area (Å²) in [6, 6.07) is 36.7. The SMILES string of the molecule is O=C(Nc1ccccc1Cl)NC(c1ccccc1)(c1ccccc1)c1ccccc1. The number of urea groups is 1. The maximum Gasteiger partial charge on any atom is 0.320 e. The number of amides is 2. The molecule has 0 fully saturated rings. The zero-order chi connectivity index (χ0) is 20.8. The zero-order valence-electron chi connectivity index (χ0n) is 16.3. The molecular formula is C26H21ClN2O. The smallest absolute Gasteiger partial charge is 0.320 e. The highest BCUT2D eigenvalue weighted by atomic mass is 35.5. The molecule has 0 saturated heterocycles. The first kappa shape index (κ1) is 19.7. The monoisotopic (exact) mass is 412 g/mol. The van der Waals surface area contributed by atoms with Gasteiger partial charge in [0.1, 0.15) is 5.54 Å². The predicted molar refractivity (Wildman–Crippen MR) is 123 cm³/mol. The van der Waals surface area contributed by atoms with E-state index in [2.05, 4.69) is 10.6 Å². The molecule has 0 aliphatic heterocycles. The van der Waals surface area contributed by atoms with Crippen molar-refractivity contribution in [2.75, 3.05) is 5.32 Å². The van der Waals surface area contributed by atoms with Crippen molar-refractivity contribution in [2.45, 2.75) is 5.54 Å². The number of halogens is 1. The molecule has 0 aliphatic rings. The van der Waals surface area contributed by atoms with Gasteiger partial charge in [-0.05, 0) is 28.8 Å². The number of para-hydroxylation sites is 1. The fraction of sp³-hybridized carbons (Fsp3) is 0.0385. The van der Waals surface area contributed by atoms with Crippen LogP contribution in [-0.4, -0.2) is 6.03 Å². The molecule has 0 heterocycles. The molecule has 30 heavy (non-hydrogen) atoms. The first-order valence-corrected chi connectivity index (χ1v) is 10.1. The van der Waals surface area contributed by atoms with Gasteiger partial charge in [-0.25, -0.2) is 4.79 Å². The Morgan fingerprint density at radius 1 is 0.600 bits per heavy atom. The Hall–Kier alpha value is -3.56. The van der Waals surface area contributed by atoms with Gasteiger partial charge in [0.05, 0.1) is 10.7 Å². The van der Waals surface area contributed by atoms with Crippen LogP contribution in [0.4, 0.5) is 10.5 Å². The number of carbonyl (C=O) groups is 1. The molecule has 4 aromatic carbocycles. The van der Waals surface area contributed by atoms with Gasteiger partial charge in [-0.15, -0.1) is 0 Å². The van der Waals surface area contributed by atoms with Crippen LogP contribution in [0, 0.1) is 0 Å². The van der Waals surface area contributed by atoms with Crippen LogP contribution in [0.2, 0.25) is 5.02 Å². The fourth-order valence-electron chi connectivity index (χ4n) is 3.67. The summed E-state index contributed by atoms with van der Waals surface area (Å²) in [5, 5.41) is 6.62. The van der Waals surface area contributed by atoms with Crippen molar-refractivity contribution in [3.63, 3.8) is 0 Å². The molecule has 3 nitrogen and oxygen atoms in total. The third-order valence-corrected chi connectivity index (χ3v) is 5.37. The Bertz CT molecular complexity index is 1020. The van der Waals surface area contributed by atoms with Gasteiger partial charge in [-0.3, -0.25) is 0 Å². The van der Waals surface area contributed by atoms with Crippen molar-refractivity contribution < 1.29 is 4.79 Å². The summed E-state index contributed by atoms with van der Waals surface area (Å²) in [5.41, 5.74) is 2.54. The van der Waals surface area contributed by atoms with Crippen LogP contribution in [-0.2, 0) is 5.54 Å². The molecule has 0 saturated carbocycles. The van der Waals surface area contributed by atoms with Crippen LogP contribution in [0.5, 0.6) is 0 Å². The average molecular weight is 413 g/mol. The largest absolute Gasteiger partial charge is 0.320 e.